The van der Waals surface area contributed by atoms with Crippen LogP contribution in [0.4, 0.5) is 11.4 Å². The van der Waals surface area contributed by atoms with Crippen molar-refractivity contribution in [1.29, 1.82) is 0 Å². The second kappa shape index (κ2) is 6.64. The van der Waals surface area contributed by atoms with E-state index >= 15 is 0 Å². The number of nitro benzene ring substituents is 1. The van der Waals surface area contributed by atoms with Crippen LogP contribution in [-0.4, -0.2) is 33.6 Å². The predicted octanol–water partition coefficient (Wildman–Crippen LogP) is 0.738. The molecule has 0 saturated heterocycles. The van der Waals surface area contributed by atoms with Gasteiger partial charge in [-0.3, -0.25) is 10.1 Å². The van der Waals surface area contributed by atoms with Crippen LogP contribution < -0.4 is 10.5 Å². The molecule has 0 aromatic heterocycles. The minimum absolute atomic E-state index is 0.0603. The predicted molar refractivity (Wildman–Crippen MR) is 73.7 cm³/mol. The van der Waals surface area contributed by atoms with Gasteiger partial charge in [0.15, 0.2) is 4.90 Å². The maximum absolute atomic E-state index is 12.1. The van der Waals surface area contributed by atoms with E-state index in [0.717, 1.165) is 12.1 Å². The molecule has 1 atom stereocenters. The van der Waals surface area contributed by atoms with E-state index in [-0.39, 0.29) is 18.2 Å². The van der Waals surface area contributed by atoms with Gasteiger partial charge >= 0.3 is 0 Å². The van der Waals surface area contributed by atoms with E-state index in [4.69, 9.17) is 10.5 Å². The van der Waals surface area contributed by atoms with E-state index in [0.29, 0.717) is 6.61 Å². The van der Waals surface area contributed by atoms with Gasteiger partial charge in [-0.05, 0) is 18.1 Å². The average molecular weight is 303 g/mol. The zero-order valence-electron chi connectivity index (χ0n) is 11.2. The van der Waals surface area contributed by atoms with Crippen LogP contribution >= 0.6 is 0 Å². The summed E-state index contributed by atoms with van der Waals surface area (Å²) < 4.78 is 31.4. The Kier molecular flexibility index (Phi) is 5.43. The normalized spacial score (nSPS) is 13.1. The smallest absolute Gasteiger partial charge is 0.289 e. The van der Waals surface area contributed by atoms with Crippen molar-refractivity contribution in [2.75, 3.05) is 26.0 Å². The number of hydrogen-bond acceptors (Lipinski definition) is 6. The van der Waals surface area contributed by atoms with Crippen molar-refractivity contribution in [1.82, 2.24) is 4.72 Å². The third kappa shape index (κ3) is 4.15. The lowest BCUT2D eigenvalue weighted by molar-refractivity contribution is -0.387. The van der Waals surface area contributed by atoms with Gasteiger partial charge in [0, 0.05) is 32.0 Å². The molecule has 3 N–H and O–H groups in total. The average Bonchev–Trinajstić information content (AvgIpc) is 2.36. The molecule has 0 saturated carbocycles. The van der Waals surface area contributed by atoms with Crippen molar-refractivity contribution in [2.24, 2.45) is 5.92 Å². The number of ether oxygens (including phenoxy) is 1. The molecule has 0 spiro atoms. The van der Waals surface area contributed by atoms with Crippen molar-refractivity contribution in [3.8, 4) is 0 Å². The number of nitrogen functional groups attached to an aromatic ring is 1. The van der Waals surface area contributed by atoms with E-state index in [2.05, 4.69) is 4.72 Å². The molecular weight excluding hydrogens is 286 g/mol. The van der Waals surface area contributed by atoms with Gasteiger partial charge < -0.3 is 10.5 Å². The van der Waals surface area contributed by atoms with Crippen molar-refractivity contribution >= 4 is 21.4 Å². The molecular formula is C11H17N3O5S. The van der Waals surface area contributed by atoms with Crippen molar-refractivity contribution in [3.05, 3.63) is 28.3 Å². The summed E-state index contributed by atoms with van der Waals surface area (Å²) >= 11 is 0. The van der Waals surface area contributed by atoms with Crippen molar-refractivity contribution in [3.63, 3.8) is 0 Å². The van der Waals surface area contributed by atoms with E-state index in [9.17, 15) is 18.5 Å². The largest absolute Gasteiger partial charge is 0.399 e. The number of rotatable bonds is 7. The molecule has 1 rings (SSSR count). The fraction of sp³-hybridized carbons (Fsp3) is 0.455. The number of nitro groups is 1. The Morgan fingerprint density at radius 2 is 2.15 bits per heavy atom. The van der Waals surface area contributed by atoms with Gasteiger partial charge in [0.1, 0.15) is 0 Å². The first-order valence-corrected chi connectivity index (χ1v) is 7.28. The fourth-order valence-corrected chi connectivity index (χ4v) is 2.94. The molecule has 0 radical (unpaired) electrons. The van der Waals surface area contributed by atoms with Crippen LogP contribution in [0.2, 0.25) is 0 Å². The van der Waals surface area contributed by atoms with E-state index in [1.165, 1.54) is 13.2 Å². The Morgan fingerprint density at radius 1 is 1.50 bits per heavy atom. The van der Waals surface area contributed by atoms with Crippen LogP contribution in [0.3, 0.4) is 0 Å². The minimum atomic E-state index is -4.00. The number of methoxy groups -OCH3 is 1. The molecule has 8 nitrogen and oxygen atoms in total. The topological polar surface area (TPSA) is 125 Å². The lowest BCUT2D eigenvalue weighted by Gasteiger charge is -2.12. The van der Waals surface area contributed by atoms with Gasteiger partial charge in [-0.25, -0.2) is 13.1 Å². The van der Waals surface area contributed by atoms with Crippen LogP contribution in [-0.2, 0) is 14.8 Å². The maximum atomic E-state index is 12.1. The van der Waals surface area contributed by atoms with Gasteiger partial charge in [0.25, 0.3) is 5.69 Å². The minimum Gasteiger partial charge on any atom is -0.399 e. The van der Waals surface area contributed by atoms with E-state index in [1.807, 2.05) is 0 Å². The van der Waals surface area contributed by atoms with Gasteiger partial charge in [0.05, 0.1) is 4.92 Å². The highest BCUT2D eigenvalue weighted by Gasteiger charge is 2.26. The Labute approximate surface area is 117 Å². The number of nitrogens with two attached hydrogens (primary N) is 1. The molecule has 9 heteroatoms. The van der Waals surface area contributed by atoms with Gasteiger partial charge in [-0.1, -0.05) is 6.92 Å². The molecule has 0 aliphatic carbocycles. The molecule has 1 aromatic carbocycles. The fourth-order valence-electron chi connectivity index (χ4n) is 1.57. The zero-order valence-corrected chi connectivity index (χ0v) is 12.0. The van der Waals surface area contributed by atoms with Crippen LogP contribution in [0.15, 0.2) is 23.1 Å². The monoisotopic (exact) mass is 303 g/mol. The molecule has 0 aliphatic heterocycles. The summed E-state index contributed by atoms with van der Waals surface area (Å²) in [4.78, 5) is 9.68. The Morgan fingerprint density at radius 3 is 2.70 bits per heavy atom. The van der Waals surface area contributed by atoms with Gasteiger partial charge in [-0.2, -0.15) is 0 Å². The second-order valence-corrected chi connectivity index (χ2v) is 6.13. The molecule has 20 heavy (non-hydrogen) atoms. The standard InChI is InChI=1S/C11H17N3O5S/c1-8(7-19-2)6-13-20(17,18)11-5-9(12)3-4-10(11)14(15)16/h3-5,8,13H,6-7,12H2,1-2H3. The third-order valence-electron chi connectivity index (χ3n) is 2.54. The molecule has 112 valence electrons. The van der Waals surface area contributed by atoms with Crippen molar-refractivity contribution < 1.29 is 18.1 Å². The lowest BCUT2D eigenvalue weighted by atomic mass is 10.2. The Bertz CT molecular complexity index is 588. The molecule has 1 unspecified atom stereocenters. The molecule has 0 aliphatic rings. The molecule has 1 aromatic rings. The molecule has 0 fully saturated rings. The Hall–Kier alpha value is -1.71. The summed E-state index contributed by atoms with van der Waals surface area (Å²) in [6.45, 7) is 2.28. The third-order valence-corrected chi connectivity index (χ3v) is 4.00. The number of anilines is 1. The number of nitrogens with one attached hydrogen (secondary N) is 1. The summed E-state index contributed by atoms with van der Waals surface area (Å²) in [6, 6.07) is 3.43. The summed E-state index contributed by atoms with van der Waals surface area (Å²) in [6.07, 6.45) is 0. The maximum Gasteiger partial charge on any atom is 0.289 e. The summed E-state index contributed by atoms with van der Waals surface area (Å²) in [7, 11) is -2.49. The lowest BCUT2D eigenvalue weighted by Crippen LogP contribution is -2.30. The first-order valence-electron chi connectivity index (χ1n) is 5.80. The van der Waals surface area contributed by atoms with Gasteiger partial charge in [0.2, 0.25) is 10.0 Å². The second-order valence-electron chi connectivity index (χ2n) is 4.40. The summed E-state index contributed by atoms with van der Waals surface area (Å²) in [5.74, 6) is -0.0603. The highest BCUT2D eigenvalue weighted by Crippen LogP contribution is 2.25. The number of nitrogens with zero attached hydrogens (tertiary/aromatic N) is 1. The summed E-state index contributed by atoms with van der Waals surface area (Å²) in [5.41, 5.74) is 5.12. The van der Waals surface area contributed by atoms with Crippen LogP contribution in [0.1, 0.15) is 6.92 Å². The number of sulfonamides is 1. The highest BCUT2D eigenvalue weighted by atomic mass is 32.2. The number of hydrogen-bond donors (Lipinski definition) is 2. The number of benzene rings is 1. The Balaban J connectivity index is 3.03. The van der Waals surface area contributed by atoms with Crippen LogP contribution in [0.5, 0.6) is 0 Å². The molecule has 0 amide bonds. The first kappa shape index (κ1) is 16.3. The molecule has 0 heterocycles. The van der Waals surface area contributed by atoms with E-state index in [1.54, 1.807) is 6.92 Å². The highest BCUT2D eigenvalue weighted by molar-refractivity contribution is 7.89. The van der Waals surface area contributed by atoms with Gasteiger partial charge in [-0.15, -0.1) is 0 Å². The first-order chi connectivity index (χ1) is 9.27. The SMILES string of the molecule is COCC(C)CNS(=O)(=O)c1cc(N)ccc1[N+](=O)[O-]. The van der Waals surface area contributed by atoms with E-state index < -0.39 is 25.5 Å². The summed E-state index contributed by atoms with van der Waals surface area (Å²) in [5, 5.41) is 10.9. The quantitative estimate of drug-likeness (QED) is 0.435. The van der Waals surface area contributed by atoms with Crippen molar-refractivity contribution in [2.45, 2.75) is 11.8 Å². The van der Waals surface area contributed by atoms with Crippen LogP contribution in [0.25, 0.3) is 0 Å². The zero-order chi connectivity index (χ0) is 15.3. The molecule has 0 bridgehead atoms. The van der Waals surface area contributed by atoms with Crippen LogP contribution in [0, 0.1) is 16.0 Å².